The molecule has 0 bridgehead atoms. The molecule has 2 unspecified atom stereocenters. The molecule has 1 aromatic rings. The molecule has 1 aliphatic rings. The van der Waals surface area contributed by atoms with Crippen LogP contribution in [0.1, 0.15) is 37.9 Å². The quantitative estimate of drug-likeness (QED) is 0.857. The van der Waals surface area contributed by atoms with Crippen LogP contribution in [0, 0.1) is 0 Å². The summed E-state index contributed by atoms with van der Waals surface area (Å²) in [6, 6.07) is 3.81. The van der Waals surface area contributed by atoms with Crippen molar-refractivity contribution < 1.29 is 9.47 Å². The monoisotopic (exact) mass is 280 g/mol. The van der Waals surface area contributed by atoms with Gasteiger partial charge in [0.15, 0.2) is 0 Å². The molecule has 4 nitrogen and oxygen atoms in total. The average Bonchev–Trinajstić information content (AvgIpc) is 2.35. The van der Waals surface area contributed by atoms with Gasteiger partial charge >= 0.3 is 0 Å². The third kappa shape index (κ3) is 4.23. The van der Waals surface area contributed by atoms with Gasteiger partial charge in [-0.1, -0.05) is 12.2 Å². The minimum absolute atomic E-state index is 0.250. The van der Waals surface area contributed by atoms with Crippen molar-refractivity contribution in [3.05, 3.63) is 29.6 Å². The van der Waals surface area contributed by atoms with E-state index in [1.807, 2.05) is 12.1 Å². The van der Waals surface area contributed by atoms with E-state index in [0.717, 1.165) is 18.4 Å². The molecule has 2 N–H and O–H groups in total. The summed E-state index contributed by atoms with van der Waals surface area (Å²) in [6.45, 7) is 4.73. The van der Waals surface area contributed by atoms with E-state index in [-0.39, 0.29) is 18.3 Å². The number of rotatable bonds is 4. The Morgan fingerprint density at radius 3 is 2.79 bits per heavy atom. The SMILES string of the molecule is CC1CC(OCc2ccnc(C(N)=S)c2)CC(C)O1. The van der Waals surface area contributed by atoms with Crippen molar-refractivity contribution in [3.8, 4) is 0 Å². The first kappa shape index (κ1) is 14.4. The lowest BCUT2D eigenvalue weighted by molar-refractivity contribution is -0.106. The van der Waals surface area contributed by atoms with Gasteiger partial charge in [0.05, 0.1) is 30.6 Å². The predicted molar refractivity (Wildman–Crippen MR) is 77.9 cm³/mol. The fourth-order valence-corrected chi connectivity index (χ4v) is 2.50. The second-order valence-corrected chi connectivity index (χ2v) is 5.52. The first-order valence-corrected chi connectivity index (χ1v) is 6.97. The molecule has 5 heteroatoms. The molecule has 0 saturated carbocycles. The van der Waals surface area contributed by atoms with E-state index in [1.54, 1.807) is 6.20 Å². The molecule has 2 rings (SSSR count). The van der Waals surface area contributed by atoms with E-state index in [1.165, 1.54) is 0 Å². The fourth-order valence-electron chi connectivity index (χ4n) is 2.39. The number of pyridine rings is 1. The van der Waals surface area contributed by atoms with Gasteiger partial charge < -0.3 is 15.2 Å². The second kappa shape index (κ2) is 6.41. The van der Waals surface area contributed by atoms with E-state index >= 15 is 0 Å². The van der Waals surface area contributed by atoms with Crippen molar-refractivity contribution in [2.45, 2.75) is 51.6 Å². The van der Waals surface area contributed by atoms with Crippen LogP contribution in [0.5, 0.6) is 0 Å². The molecule has 1 fully saturated rings. The zero-order valence-corrected chi connectivity index (χ0v) is 12.2. The Labute approximate surface area is 119 Å². The first-order valence-electron chi connectivity index (χ1n) is 6.56. The molecule has 0 radical (unpaired) electrons. The van der Waals surface area contributed by atoms with Gasteiger partial charge in [-0.2, -0.15) is 0 Å². The highest BCUT2D eigenvalue weighted by molar-refractivity contribution is 7.80. The van der Waals surface area contributed by atoms with Crippen LogP contribution >= 0.6 is 12.2 Å². The van der Waals surface area contributed by atoms with Crippen LogP contribution in [-0.4, -0.2) is 28.3 Å². The smallest absolute Gasteiger partial charge is 0.122 e. The van der Waals surface area contributed by atoms with Gasteiger partial charge in [-0.05, 0) is 44.4 Å². The maximum atomic E-state index is 5.95. The standard InChI is InChI=1S/C14H20N2O2S/c1-9-5-12(6-10(2)18-9)17-8-11-3-4-16-13(7-11)14(15)19/h3-4,7,9-10,12H,5-6,8H2,1-2H3,(H2,15,19). The summed E-state index contributed by atoms with van der Waals surface area (Å²) < 4.78 is 11.6. The zero-order chi connectivity index (χ0) is 13.8. The van der Waals surface area contributed by atoms with Crippen molar-refractivity contribution >= 4 is 17.2 Å². The van der Waals surface area contributed by atoms with Gasteiger partial charge in [0.25, 0.3) is 0 Å². The third-order valence-corrected chi connectivity index (χ3v) is 3.43. The fraction of sp³-hybridized carbons (Fsp3) is 0.571. The number of ether oxygens (including phenoxy) is 2. The van der Waals surface area contributed by atoms with Crippen molar-refractivity contribution in [2.75, 3.05) is 0 Å². The Bertz CT molecular complexity index is 443. The molecular weight excluding hydrogens is 260 g/mol. The van der Waals surface area contributed by atoms with E-state index in [2.05, 4.69) is 18.8 Å². The lowest BCUT2D eigenvalue weighted by Gasteiger charge is -2.32. The average molecular weight is 280 g/mol. The Morgan fingerprint density at radius 1 is 1.47 bits per heavy atom. The molecule has 1 aromatic heterocycles. The van der Waals surface area contributed by atoms with Crippen LogP contribution in [0.2, 0.25) is 0 Å². The number of nitrogens with zero attached hydrogens (tertiary/aromatic N) is 1. The van der Waals surface area contributed by atoms with Gasteiger partial charge in [-0.15, -0.1) is 0 Å². The Hall–Kier alpha value is -1.04. The maximum absolute atomic E-state index is 5.95. The predicted octanol–water partition coefficient (Wildman–Crippen LogP) is 2.19. The molecule has 104 valence electrons. The maximum Gasteiger partial charge on any atom is 0.122 e. The van der Waals surface area contributed by atoms with Gasteiger partial charge in [-0.3, -0.25) is 4.98 Å². The molecule has 2 atom stereocenters. The third-order valence-electron chi connectivity index (χ3n) is 3.22. The van der Waals surface area contributed by atoms with Crippen LogP contribution in [0.25, 0.3) is 0 Å². The van der Waals surface area contributed by atoms with Crippen molar-refractivity contribution in [1.29, 1.82) is 0 Å². The van der Waals surface area contributed by atoms with Gasteiger partial charge in [0.1, 0.15) is 4.99 Å². The molecule has 0 aromatic carbocycles. The number of thiocarbonyl (C=S) groups is 1. The summed E-state index contributed by atoms with van der Waals surface area (Å²) in [5, 5.41) is 0. The van der Waals surface area contributed by atoms with E-state index < -0.39 is 0 Å². The number of aromatic nitrogens is 1. The zero-order valence-electron chi connectivity index (χ0n) is 11.3. The van der Waals surface area contributed by atoms with Gasteiger partial charge in [-0.25, -0.2) is 0 Å². The summed E-state index contributed by atoms with van der Waals surface area (Å²) in [5.74, 6) is 0. The van der Waals surface area contributed by atoms with Crippen molar-refractivity contribution in [3.63, 3.8) is 0 Å². The topological polar surface area (TPSA) is 57.4 Å². The van der Waals surface area contributed by atoms with E-state index in [4.69, 9.17) is 27.4 Å². The summed E-state index contributed by atoms with van der Waals surface area (Å²) in [5.41, 5.74) is 7.26. The molecule has 0 amide bonds. The van der Waals surface area contributed by atoms with Crippen LogP contribution in [0.4, 0.5) is 0 Å². The first-order chi connectivity index (χ1) is 9.04. The molecule has 1 saturated heterocycles. The van der Waals surface area contributed by atoms with E-state index in [0.29, 0.717) is 17.3 Å². The Kier molecular flexibility index (Phi) is 4.85. The molecule has 1 aliphatic heterocycles. The summed E-state index contributed by atoms with van der Waals surface area (Å²) in [6.07, 6.45) is 4.37. The number of nitrogens with two attached hydrogens (primary N) is 1. The normalized spacial score (nSPS) is 27.2. The van der Waals surface area contributed by atoms with Crippen molar-refractivity contribution in [1.82, 2.24) is 4.98 Å². The van der Waals surface area contributed by atoms with Crippen molar-refractivity contribution in [2.24, 2.45) is 5.73 Å². The summed E-state index contributed by atoms with van der Waals surface area (Å²) >= 11 is 4.92. The Balaban J connectivity index is 1.91. The second-order valence-electron chi connectivity index (χ2n) is 5.08. The molecular formula is C14H20N2O2S. The largest absolute Gasteiger partial charge is 0.388 e. The van der Waals surface area contributed by atoms with E-state index in [9.17, 15) is 0 Å². The molecule has 19 heavy (non-hydrogen) atoms. The lowest BCUT2D eigenvalue weighted by Crippen LogP contribution is -2.34. The van der Waals surface area contributed by atoms with Crippen LogP contribution in [-0.2, 0) is 16.1 Å². The molecule has 2 heterocycles. The summed E-state index contributed by atoms with van der Waals surface area (Å²) in [4.78, 5) is 4.43. The van der Waals surface area contributed by atoms with Gasteiger partial charge in [0.2, 0.25) is 0 Å². The molecule has 0 aliphatic carbocycles. The number of hydrogen-bond acceptors (Lipinski definition) is 4. The minimum Gasteiger partial charge on any atom is -0.388 e. The van der Waals surface area contributed by atoms with Crippen LogP contribution < -0.4 is 5.73 Å². The Morgan fingerprint density at radius 2 is 2.16 bits per heavy atom. The highest BCUT2D eigenvalue weighted by Gasteiger charge is 2.24. The van der Waals surface area contributed by atoms with Gasteiger partial charge in [0, 0.05) is 6.20 Å². The summed E-state index contributed by atoms with van der Waals surface area (Å²) in [7, 11) is 0. The highest BCUT2D eigenvalue weighted by Crippen LogP contribution is 2.22. The minimum atomic E-state index is 0.250. The lowest BCUT2D eigenvalue weighted by atomic mass is 10.0. The molecule has 0 spiro atoms. The highest BCUT2D eigenvalue weighted by atomic mass is 32.1. The van der Waals surface area contributed by atoms with Crippen LogP contribution in [0.15, 0.2) is 18.3 Å². The number of hydrogen-bond donors (Lipinski definition) is 1. The van der Waals surface area contributed by atoms with Crippen LogP contribution in [0.3, 0.4) is 0 Å².